The Labute approximate surface area is 230 Å². The highest BCUT2D eigenvalue weighted by atomic mass is 16.7. The maximum atomic E-state index is 12.5. The summed E-state index contributed by atoms with van der Waals surface area (Å²) in [5, 5.41) is 33.6. The molecule has 6 fully saturated rings. The van der Waals surface area contributed by atoms with Gasteiger partial charge in [0.1, 0.15) is 24.9 Å². The molecule has 15 atom stereocenters. The maximum absolute atomic E-state index is 12.5. The van der Waals surface area contributed by atoms with E-state index >= 15 is 0 Å². The number of carbonyl (C=O) groups excluding carboxylic acids is 1. The van der Waals surface area contributed by atoms with Crippen molar-refractivity contribution in [2.75, 3.05) is 13.7 Å². The Bertz CT molecular complexity index is 1050. The molecule has 0 amide bonds. The molecular formula is C30H44O9. The van der Waals surface area contributed by atoms with Gasteiger partial charge < -0.3 is 39.0 Å². The van der Waals surface area contributed by atoms with Crippen molar-refractivity contribution in [2.45, 2.75) is 120 Å². The predicted octanol–water partition coefficient (Wildman–Crippen LogP) is 2.10. The van der Waals surface area contributed by atoms with Crippen LogP contribution < -0.4 is 0 Å². The summed E-state index contributed by atoms with van der Waals surface area (Å²) in [5.41, 5.74) is -0.169. The van der Waals surface area contributed by atoms with Crippen LogP contribution in [0.5, 0.6) is 0 Å². The Morgan fingerprint density at radius 1 is 1.05 bits per heavy atom. The number of methoxy groups -OCH3 is 1. The second-order valence-electron chi connectivity index (χ2n) is 14.0. The van der Waals surface area contributed by atoms with Gasteiger partial charge in [-0.15, -0.1) is 0 Å². The average molecular weight is 549 g/mol. The van der Waals surface area contributed by atoms with E-state index in [1.54, 1.807) is 13.0 Å². The lowest BCUT2D eigenvalue weighted by Gasteiger charge is -2.62. The van der Waals surface area contributed by atoms with Crippen molar-refractivity contribution in [3.8, 4) is 0 Å². The summed E-state index contributed by atoms with van der Waals surface area (Å²) in [6.45, 7) is 6.71. The fraction of sp³-hybridized carbons (Fsp3) is 0.900. The zero-order valence-electron chi connectivity index (χ0n) is 23.5. The molecule has 9 nitrogen and oxygen atoms in total. The van der Waals surface area contributed by atoms with Crippen LogP contribution in [0.3, 0.4) is 0 Å². The molecule has 3 unspecified atom stereocenters. The molecule has 39 heavy (non-hydrogen) atoms. The predicted molar refractivity (Wildman–Crippen MR) is 137 cm³/mol. The average Bonchev–Trinajstić information content (AvgIpc) is 3.51. The Morgan fingerprint density at radius 2 is 1.85 bits per heavy atom. The molecule has 0 aromatic rings. The summed E-state index contributed by atoms with van der Waals surface area (Å²) >= 11 is 0. The Morgan fingerprint density at radius 3 is 2.56 bits per heavy atom. The molecule has 0 spiro atoms. The van der Waals surface area contributed by atoms with Gasteiger partial charge in [-0.3, -0.25) is 0 Å². The number of epoxide rings is 1. The minimum absolute atomic E-state index is 0.00192. The molecule has 0 aromatic carbocycles. The van der Waals surface area contributed by atoms with Crippen LogP contribution in [0.25, 0.3) is 0 Å². The molecule has 4 saturated carbocycles. The molecule has 9 heteroatoms. The first-order valence-corrected chi connectivity index (χ1v) is 15.0. The summed E-state index contributed by atoms with van der Waals surface area (Å²) in [7, 11) is 1.48. The van der Waals surface area contributed by atoms with Gasteiger partial charge in [-0.25, -0.2) is 4.79 Å². The molecule has 7 rings (SSSR count). The molecule has 0 bridgehead atoms. The Kier molecular flexibility index (Phi) is 6.16. The van der Waals surface area contributed by atoms with Crippen LogP contribution in [-0.4, -0.2) is 89.6 Å². The van der Waals surface area contributed by atoms with Crippen LogP contribution in [0.1, 0.15) is 65.7 Å². The number of hydrogen-bond acceptors (Lipinski definition) is 9. The van der Waals surface area contributed by atoms with Gasteiger partial charge in [0, 0.05) is 18.6 Å². The molecule has 3 heterocycles. The SMILES string of the molecule is CO[C@H]1[C@@H](O)[C@H](O[C@H]2CC[C@@]3(C)C(CCC4C3[C@H]3O[C@H]3[C@]3(C)[C@H](C5=CC(=O)OC5)CC[C@]43O)C2)O[C@H](C)[C@H]1O. The van der Waals surface area contributed by atoms with Gasteiger partial charge in [0.2, 0.25) is 0 Å². The number of aliphatic hydroxyl groups is 3. The second-order valence-corrected chi connectivity index (χ2v) is 14.0. The molecule has 0 aromatic heterocycles. The lowest BCUT2D eigenvalue weighted by Crippen LogP contribution is -2.65. The largest absolute Gasteiger partial charge is 0.458 e. The minimum atomic E-state index is -1.05. The standard InChI is InChI=1S/C30H44O9/c1-14-22(32)25(35-4)23(33)27(37-14)38-17-7-9-28(2)16(12-17)5-6-19-21(28)24-26(39-24)29(3)18(8-10-30(19,29)34)15-11-20(31)36-13-15/h11,14,16-19,21-27,32-34H,5-10,12-13H2,1-4H3/t14-,16?,17+,18+,19?,21?,22-,23-,24-,25-,26-,27+,28+,29+,30+/m1/s1. The number of hydrogen-bond donors (Lipinski definition) is 3. The maximum Gasteiger partial charge on any atom is 0.331 e. The van der Waals surface area contributed by atoms with Crippen molar-refractivity contribution in [1.82, 2.24) is 0 Å². The highest BCUT2D eigenvalue weighted by Crippen LogP contribution is 2.74. The molecule has 7 aliphatic rings. The summed E-state index contributed by atoms with van der Waals surface area (Å²) in [6, 6.07) is 0. The lowest BCUT2D eigenvalue weighted by atomic mass is 9.43. The molecule has 4 aliphatic carbocycles. The first-order chi connectivity index (χ1) is 18.5. The third-order valence-electron chi connectivity index (χ3n) is 12.6. The first-order valence-electron chi connectivity index (χ1n) is 15.0. The van der Waals surface area contributed by atoms with Gasteiger partial charge in [0.25, 0.3) is 0 Å². The van der Waals surface area contributed by atoms with E-state index in [-0.39, 0.29) is 41.5 Å². The highest BCUT2D eigenvalue weighted by Gasteiger charge is 2.79. The number of fused-ring (bicyclic) bond motifs is 8. The molecule has 0 radical (unpaired) electrons. The molecular weight excluding hydrogens is 504 g/mol. The molecule has 3 N–H and O–H groups in total. The number of aliphatic hydroxyl groups excluding tert-OH is 2. The minimum Gasteiger partial charge on any atom is -0.458 e. The molecule has 218 valence electrons. The van der Waals surface area contributed by atoms with Gasteiger partial charge in [-0.05, 0) is 86.5 Å². The topological polar surface area (TPSA) is 127 Å². The van der Waals surface area contributed by atoms with Crippen molar-refractivity contribution >= 4 is 5.97 Å². The molecule has 2 saturated heterocycles. The second kappa shape index (κ2) is 8.96. The third-order valence-corrected chi connectivity index (χ3v) is 12.6. The quantitative estimate of drug-likeness (QED) is 0.275. The van der Waals surface area contributed by atoms with Crippen LogP contribution in [0, 0.1) is 34.5 Å². The smallest absolute Gasteiger partial charge is 0.331 e. The van der Waals surface area contributed by atoms with E-state index in [0.717, 1.165) is 50.5 Å². The van der Waals surface area contributed by atoms with Gasteiger partial charge in [-0.2, -0.15) is 0 Å². The van der Waals surface area contributed by atoms with Crippen LogP contribution in [0.2, 0.25) is 0 Å². The van der Waals surface area contributed by atoms with E-state index in [2.05, 4.69) is 13.8 Å². The van der Waals surface area contributed by atoms with Crippen molar-refractivity contribution in [3.63, 3.8) is 0 Å². The molecule has 3 aliphatic heterocycles. The van der Waals surface area contributed by atoms with Crippen LogP contribution in [0.4, 0.5) is 0 Å². The van der Waals surface area contributed by atoms with Crippen LogP contribution in [0.15, 0.2) is 11.6 Å². The number of carbonyl (C=O) groups is 1. The number of ether oxygens (including phenoxy) is 5. The highest BCUT2D eigenvalue weighted by molar-refractivity contribution is 5.85. The van der Waals surface area contributed by atoms with Crippen molar-refractivity contribution in [2.24, 2.45) is 34.5 Å². The Hall–Kier alpha value is -1.07. The van der Waals surface area contributed by atoms with E-state index in [1.165, 1.54) is 7.11 Å². The van der Waals surface area contributed by atoms with Gasteiger partial charge in [-0.1, -0.05) is 13.8 Å². The van der Waals surface area contributed by atoms with Crippen LogP contribution >= 0.6 is 0 Å². The number of esters is 1. The fourth-order valence-corrected chi connectivity index (χ4v) is 10.4. The summed E-state index contributed by atoms with van der Waals surface area (Å²) in [5.74, 6) is 0.727. The third kappa shape index (κ3) is 3.60. The van der Waals surface area contributed by atoms with E-state index in [1.807, 2.05) is 0 Å². The van der Waals surface area contributed by atoms with Gasteiger partial charge >= 0.3 is 5.97 Å². The van der Waals surface area contributed by atoms with Crippen molar-refractivity contribution < 1.29 is 43.8 Å². The van der Waals surface area contributed by atoms with Crippen molar-refractivity contribution in [1.29, 1.82) is 0 Å². The van der Waals surface area contributed by atoms with E-state index < -0.39 is 41.7 Å². The van der Waals surface area contributed by atoms with E-state index in [0.29, 0.717) is 18.4 Å². The van der Waals surface area contributed by atoms with Crippen molar-refractivity contribution in [3.05, 3.63) is 11.6 Å². The summed E-state index contributed by atoms with van der Waals surface area (Å²) in [4.78, 5) is 11.9. The number of rotatable bonds is 4. The summed E-state index contributed by atoms with van der Waals surface area (Å²) < 4.78 is 29.4. The van der Waals surface area contributed by atoms with E-state index in [9.17, 15) is 20.1 Å². The first kappa shape index (κ1) is 26.8. The zero-order chi connectivity index (χ0) is 27.5. The van der Waals surface area contributed by atoms with Gasteiger partial charge in [0.05, 0.1) is 30.0 Å². The zero-order valence-corrected chi connectivity index (χ0v) is 23.5. The monoisotopic (exact) mass is 548 g/mol. The lowest BCUT2D eigenvalue weighted by molar-refractivity contribution is -0.313. The van der Waals surface area contributed by atoms with Gasteiger partial charge in [0.15, 0.2) is 6.29 Å². The fourth-order valence-electron chi connectivity index (χ4n) is 10.4. The number of cyclic esters (lactones) is 1. The Balaban J connectivity index is 1.09. The van der Waals surface area contributed by atoms with Crippen LogP contribution in [-0.2, 0) is 28.5 Å². The summed E-state index contributed by atoms with van der Waals surface area (Å²) in [6.07, 6.45) is 3.98. The van der Waals surface area contributed by atoms with E-state index in [4.69, 9.17) is 23.7 Å². The normalized spacial score (nSPS) is 58.0.